The van der Waals surface area contributed by atoms with Crippen LogP contribution in [0.3, 0.4) is 0 Å². The molecule has 0 radical (unpaired) electrons. The Morgan fingerprint density at radius 1 is 1.03 bits per heavy atom. The van der Waals surface area contributed by atoms with Gasteiger partial charge in [-0.2, -0.15) is 0 Å². The maximum Gasteiger partial charge on any atom is 0.146 e. The average molecular weight is 439 g/mol. The number of rotatable bonds is 4. The molecule has 6 nitrogen and oxygen atoms in total. The lowest BCUT2D eigenvalue weighted by molar-refractivity contribution is -0.0467. The monoisotopic (exact) mass is 438 g/mol. The topological polar surface area (TPSA) is 50.7 Å². The van der Waals surface area contributed by atoms with Crippen LogP contribution in [0.15, 0.2) is 30.3 Å². The van der Waals surface area contributed by atoms with Crippen molar-refractivity contribution in [1.29, 1.82) is 0 Å². The molecule has 0 bridgehead atoms. The molecule has 2 fully saturated rings. The molecular weight excluding hydrogens is 408 g/mol. The zero-order valence-electron chi connectivity index (χ0n) is 18.6. The third-order valence-corrected chi connectivity index (χ3v) is 7.58. The minimum atomic E-state index is -0.361. The minimum absolute atomic E-state index is 0.361. The van der Waals surface area contributed by atoms with Gasteiger partial charge in [-0.1, -0.05) is 30.3 Å². The van der Waals surface area contributed by atoms with Gasteiger partial charge in [0.05, 0.1) is 38.3 Å². The molecule has 7 heteroatoms. The number of aromatic nitrogens is 2. The van der Waals surface area contributed by atoms with Gasteiger partial charge in [-0.05, 0) is 31.9 Å². The first-order valence-corrected chi connectivity index (χ1v) is 11.9. The lowest BCUT2D eigenvalue weighted by Crippen LogP contribution is -2.48. The summed E-state index contributed by atoms with van der Waals surface area (Å²) in [6.07, 6.45) is 0. The summed E-state index contributed by atoms with van der Waals surface area (Å²) in [7, 11) is 0. The van der Waals surface area contributed by atoms with Gasteiger partial charge in [-0.25, -0.2) is 9.97 Å². The van der Waals surface area contributed by atoms with Crippen molar-refractivity contribution < 1.29 is 9.47 Å². The second-order valence-corrected chi connectivity index (χ2v) is 9.89. The molecule has 2 aromatic heterocycles. The first-order chi connectivity index (χ1) is 15.0. The van der Waals surface area contributed by atoms with Crippen molar-refractivity contribution in [3.8, 4) is 0 Å². The van der Waals surface area contributed by atoms with E-state index >= 15 is 0 Å². The number of hydrogen-bond donors (Lipinski definition) is 0. The number of anilines is 1. The molecule has 0 aliphatic carbocycles. The molecule has 31 heavy (non-hydrogen) atoms. The van der Waals surface area contributed by atoms with E-state index in [-0.39, 0.29) is 5.60 Å². The van der Waals surface area contributed by atoms with Crippen molar-refractivity contribution in [1.82, 2.24) is 14.9 Å². The van der Waals surface area contributed by atoms with E-state index in [1.54, 1.807) is 11.3 Å². The Balaban J connectivity index is 1.52. The van der Waals surface area contributed by atoms with E-state index in [9.17, 15) is 0 Å². The van der Waals surface area contributed by atoms with Gasteiger partial charge >= 0.3 is 0 Å². The second kappa shape index (κ2) is 8.47. The summed E-state index contributed by atoms with van der Waals surface area (Å²) in [5.41, 5.74) is 2.14. The fourth-order valence-electron chi connectivity index (χ4n) is 4.55. The molecule has 0 amide bonds. The number of benzene rings is 1. The Kier molecular flexibility index (Phi) is 5.69. The van der Waals surface area contributed by atoms with Crippen molar-refractivity contribution in [3.63, 3.8) is 0 Å². The molecule has 0 spiro atoms. The second-order valence-electron chi connectivity index (χ2n) is 8.68. The number of ether oxygens (including phenoxy) is 2. The molecule has 1 unspecified atom stereocenters. The minimum Gasteiger partial charge on any atom is -0.379 e. The summed E-state index contributed by atoms with van der Waals surface area (Å²) < 4.78 is 11.8. The van der Waals surface area contributed by atoms with Crippen LogP contribution < -0.4 is 4.90 Å². The number of nitrogens with zero attached hydrogens (tertiary/aromatic N) is 4. The number of thiophene rings is 1. The lowest BCUT2D eigenvalue weighted by Gasteiger charge is -2.41. The number of hydrogen-bond acceptors (Lipinski definition) is 7. The number of morpholine rings is 2. The van der Waals surface area contributed by atoms with E-state index in [0.717, 1.165) is 62.4 Å². The standard InChI is InChI=1S/C24H30N4O2S/c1-17-18(2)31-23-21(17)22(25-20(26-23)15-27-9-12-29-13-10-27)28-11-14-30-24(3,16-28)19-7-5-4-6-8-19/h4-8H,9-16H2,1-3H3. The van der Waals surface area contributed by atoms with E-state index in [2.05, 4.69) is 60.9 Å². The van der Waals surface area contributed by atoms with E-state index in [0.29, 0.717) is 6.61 Å². The third-order valence-electron chi connectivity index (χ3n) is 6.48. The Bertz CT molecular complexity index is 1060. The SMILES string of the molecule is Cc1sc2nc(CN3CCOCC3)nc(N3CCOC(C)(c4ccccc4)C3)c2c1C. The van der Waals surface area contributed by atoms with Gasteiger partial charge in [0.15, 0.2) is 0 Å². The molecule has 0 saturated carbocycles. The van der Waals surface area contributed by atoms with Crippen LogP contribution in [-0.2, 0) is 21.6 Å². The van der Waals surface area contributed by atoms with Crippen LogP contribution in [0.2, 0.25) is 0 Å². The molecule has 2 aliphatic heterocycles. The van der Waals surface area contributed by atoms with Crippen molar-refractivity contribution >= 4 is 27.4 Å². The van der Waals surface area contributed by atoms with Gasteiger partial charge in [-0.3, -0.25) is 4.90 Å². The molecule has 4 heterocycles. The predicted octanol–water partition coefficient (Wildman–Crippen LogP) is 3.89. The molecule has 2 saturated heterocycles. The highest BCUT2D eigenvalue weighted by molar-refractivity contribution is 7.18. The molecule has 0 N–H and O–H groups in total. The predicted molar refractivity (Wildman–Crippen MR) is 125 cm³/mol. The van der Waals surface area contributed by atoms with E-state index < -0.39 is 0 Å². The van der Waals surface area contributed by atoms with Crippen molar-refractivity contribution in [3.05, 3.63) is 52.2 Å². The quantitative estimate of drug-likeness (QED) is 0.616. The summed E-state index contributed by atoms with van der Waals surface area (Å²) in [5.74, 6) is 1.96. The fourth-order valence-corrected chi connectivity index (χ4v) is 5.59. The Labute approximate surface area is 187 Å². The van der Waals surface area contributed by atoms with Crippen molar-refractivity contribution in [2.75, 3.05) is 50.9 Å². The molecule has 1 aromatic carbocycles. The van der Waals surface area contributed by atoms with Gasteiger partial charge in [0.1, 0.15) is 22.1 Å². The maximum absolute atomic E-state index is 6.30. The number of aryl methyl sites for hydroxylation is 2. The summed E-state index contributed by atoms with van der Waals surface area (Å²) in [6.45, 7) is 13.0. The van der Waals surface area contributed by atoms with Crippen LogP contribution in [0.25, 0.3) is 10.2 Å². The van der Waals surface area contributed by atoms with Crippen LogP contribution in [0.4, 0.5) is 5.82 Å². The molecule has 1 atom stereocenters. The maximum atomic E-state index is 6.30. The van der Waals surface area contributed by atoms with Gasteiger partial charge < -0.3 is 14.4 Å². The van der Waals surface area contributed by atoms with E-state index in [1.165, 1.54) is 21.4 Å². The van der Waals surface area contributed by atoms with Crippen LogP contribution in [-0.4, -0.2) is 60.9 Å². The van der Waals surface area contributed by atoms with Crippen LogP contribution in [0.1, 0.15) is 28.8 Å². The van der Waals surface area contributed by atoms with Gasteiger partial charge in [0, 0.05) is 24.5 Å². The number of fused-ring (bicyclic) bond motifs is 1. The van der Waals surface area contributed by atoms with E-state index in [4.69, 9.17) is 19.4 Å². The largest absolute Gasteiger partial charge is 0.379 e. The summed E-state index contributed by atoms with van der Waals surface area (Å²) in [5, 5.41) is 1.20. The van der Waals surface area contributed by atoms with Crippen LogP contribution in [0, 0.1) is 13.8 Å². The first-order valence-electron chi connectivity index (χ1n) is 11.0. The Hall–Kier alpha value is -2.06. The summed E-state index contributed by atoms with van der Waals surface area (Å²) >= 11 is 1.78. The summed E-state index contributed by atoms with van der Waals surface area (Å²) in [4.78, 5) is 17.3. The van der Waals surface area contributed by atoms with Crippen molar-refractivity contribution in [2.24, 2.45) is 0 Å². The van der Waals surface area contributed by atoms with Crippen LogP contribution in [0.5, 0.6) is 0 Å². The molecule has 164 valence electrons. The molecule has 5 rings (SSSR count). The highest BCUT2D eigenvalue weighted by Gasteiger charge is 2.35. The Morgan fingerprint density at radius 3 is 2.58 bits per heavy atom. The smallest absolute Gasteiger partial charge is 0.146 e. The van der Waals surface area contributed by atoms with Gasteiger partial charge in [0.2, 0.25) is 0 Å². The van der Waals surface area contributed by atoms with E-state index in [1.807, 2.05) is 0 Å². The highest BCUT2D eigenvalue weighted by Crippen LogP contribution is 2.38. The Morgan fingerprint density at radius 2 is 1.81 bits per heavy atom. The first kappa shape index (κ1) is 20.8. The molecule has 3 aromatic rings. The van der Waals surface area contributed by atoms with Gasteiger partial charge in [-0.15, -0.1) is 11.3 Å². The fraction of sp³-hybridized carbons (Fsp3) is 0.500. The lowest BCUT2D eigenvalue weighted by atomic mass is 9.93. The normalized spacial score (nSPS) is 22.9. The van der Waals surface area contributed by atoms with Gasteiger partial charge in [0.25, 0.3) is 0 Å². The highest BCUT2D eigenvalue weighted by atomic mass is 32.1. The average Bonchev–Trinajstić information content (AvgIpc) is 3.08. The third kappa shape index (κ3) is 4.07. The van der Waals surface area contributed by atoms with Crippen molar-refractivity contribution in [2.45, 2.75) is 32.9 Å². The molecular formula is C24H30N4O2S. The molecule has 2 aliphatic rings. The zero-order chi connectivity index (χ0) is 21.4. The summed E-state index contributed by atoms with van der Waals surface area (Å²) in [6, 6.07) is 10.5. The zero-order valence-corrected chi connectivity index (χ0v) is 19.4. The van der Waals surface area contributed by atoms with Crippen LogP contribution >= 0.6 is 11.3 Å².